The number of urea groups is 1. The van der Waals surface area contributed by atoms with Crippen LogP contribution in [-0.4, -0.2) is 42.5 Å². The lowest BCUT2D eigenvalue weighted by molar-refractivity contribution is -0.130. The zero-order valence-electron chi connectivity index (χ0n) is 10.2. The summed E-state index contributed by atoms with van der Waals surface area (Å²) in [7, 11) is 0. The maximum atomic E-state index is 13.0. The minimum atomic E-state index is -0.843. The molecule has 0 radical (unpaired) electrons. The molecule has 0 saturated carbocycles. The number of imide groups is 1. The zero-order chi connectivity index (χ0) is 14.7. The lowest BCUT2D eigenvalue weighted by Gasteiger charge is -2.12. The number of carbonyl (C=O) groups excluding carboxylic acids is 3. The summed E-state index contributed by atoms with van der Waals surface area (Å²) in [5.74, 6) is -2.06. The van der Waals surface area contributed by atoms with Gasteiger partial charge in [-0.2, -0.15) is 0 Å². The summed E-state index contributed by atoms with van der Waals surface area (Å²) in [5, 5.41) is 2.45. The topological polar surface area (TPSA) is 75.7 Å². The second-order valence-electron chi connectivity index (χ2n) is 3.98. The van der Waals surface area contributed by atoms with Crippen LogP contribution in [0.25, 0.3) is 0 Å². The summed E-state index contributed by atoms with van der Waals surface area (Å²) < 4.78 is 18.2. The van der Waals surface area contributed by atoms with Gasteiger partial charge in [0.05, 0.1) is 5.56 Å². The van der Waals surface area contributed by atoms with E-state index < -0.39 is 30.3 Å². The third-order valence-corrected chi connectivity index (χ3v) is 3.32. The van der Waals surface area contributed by atoms with Crippen LogP contribution in [0.5, 0.6) is 0 Å². The molecule has 1 saturated heterocycles. The molecule has 106 valence electrons. The number of rotatable bonds is 3. The molecule has 1 aromatic rings. The van der Waals surface area contributed by atoms with Crippen LogP contribution >= 0.6 is 15.9 Å². The van der Waals surface area contributed by atoms with Crippen molar-refractivity contribution in [3.8, 4) is 0 Å². The van der Waals surface area contributed by atoms with Crippen LogP contribution in [0.15, 0.2) is 22.7 Å². The van der Waals surface area contributed by atoms with E-state index in [2.05, 4.69) is 21.2 Å². The van der Waals surface area contributed by atoms with Crippen molar-refractivity contribution in [1.29, 1.82) is 0 Å². The van der Waals surface area contributed by atoms with E-state index >= 15 is 0 Å². The van der Waals surface area contributed by atoms with Gasteiger partial charge in [0.2, 0.25) is 0 Å². The van der Waals surface area contributed by atoms with Gasteiger partial charge in [-0.25, -0.2) is 14.0 Å². The van der Waals surface area contributed by atoms with Crippen molar-refractivity contribution in [1.82, 2.24) is 10.2 Å². The molecule has 0 unspecified atom stereocenters. The average Bonchev–Trinajstić information content (AvgIpc) is 2.84. The van der Waals surface area contributed by atoms with Gasteiger partial charge in [0.25, 0.3) is 5.91 Å². The molecular formula is C12H10BrFN2O4. The highest BCUT2D eigenvalue weighted by atomic mass is 79.9. The number of hydrogen-bond acceptors (Lipinski definition) is 4. The summed E-state index contributed by atoms with van der Waals surface area (Å²) in [6, 6.07) is 3.03. The van der Waals surface area contributed by atoms with E-state index in [0.29, 0.717) is 11.0 Å². The molecule has 0 aliphatic carbocycles. The molecule has 1 N–H and O–H groups in total. The van der Waals surface area contributed by atoms with E-state index in [0.717, 1.165) is 11.0 Å². The molecule has 0 atom stereocenters. The second kappa shape index (κ2) is 6.00. The first kappa shape index (κ1) is 14.4. The fraction of sp³-hybridized carbons (Fsp3) is 0.250. The van der Waals surface area contributed by atoms with Gasteiger partial charge >= 0.3 is 12.0 Å². The van der Waals surface area contributed by atoms with Crippen LogP contribution in [-0.2, 0) is 9.53 Å². The smallest absolute Gasteiger partial charge is 0.339 e. The molecule has 0 aromatic heterocycles. The van der Waals surface area contributed by atoms with Crippen molar-refractivity contribution < 1.29 is 23.5 Å². The van der Waals surface area contributed by atoms with Gasteiger partial charge in [-0.15, -0.1) is 0 Å². The van der Waals surface area contributed by atoms with Crippen LogP contribution < -0.4 is 5.32 Å². The quantitative estimate of drug-likeness (QED) is 0.838. The Morgan fingerprint density at radius 1 is 1.45 bits per heavy atom. The van der Waals surface area contributed by atoms with Crippen LogP contribution in [0.4, 0.5) is 9.18 Å². The Balaban J connectivity index is 1.97. The molecule has 3 amide bonds. The highest BCUT2D eigenvalue weighted by molar-refractivity contribution is 9.10. The standard InChI is InChI=1S/C12H10BrFN2O4/c13-9-2-1-7(14)5-8(9)11(18)20-6-10(17)16-4-3-15-12(16)19/h1-2,5H,3-4,6H2,(H,15,19). The van der Waals surface area contributed by atoms with E-state index in [-0.39, 0.29) is 12.1 Å². The van der Waals surface area contributed by atoms with Gasteiger partial charge < -0.3 is 10.1 Å². The Morgan fingerprint density at radius 3 is 2.85 bits per heavy atom. The molecule has 0 bridgehead atoms. The Hall–Kier alpha value is -1.96. The first-order valence-corrected chi connectivity index (χ1v) is 6.48. The van der Waals surface area contributed by atoms with Gasteiger partial charge in [0.1, 0.15) is 5.82 Å². The number of halogens is 2. The minimum Gasteiger partial charge on any atom is -0.452 e. The number of nitrogens with zero attached hydrogens (tertiary/aromatic N) is 1. The van der Waals surface area contributed by atoms with Crippen molar-refractivity contribution in [2.45, 2.75) is 0 Å². The Morgan fingerprint density at radius 2 is 2.20 bits per heavy atom. The molecule has 0 spiro atoms. The number of ether oxygens (including phenoxy) is 1. The Kier molecular flexibility index (Phi) is 4.33. The molecule has 1 aliphatic rings. The Labute approximate surface area is 122 Å². The molecule has 6 nitrogen and oxygen atoms in total. The van der Waals surface area contributed by atoms with E-state index in [1.54, 1.807) is 0 Å². The lowest BCUT2D eigenvalue weighted by Crippen LogP contribution is -2.37. The third-order valence-electron chi connectivity index (χ3n) is 2.63. The number of benzene rings is 1. The number of hydrogen-bond donors (Lipinski definition) is 1. The monoisotopic (exact) mass is 344 g/mol. The molecular weight excluding hydrogens is 335 g/mol. The minimum absolute atomic E-state index is 0.0244. The molecule has 1 fully saturated rings. The molecule has 8 heteroatoms. The first-order chi connectivity index (χ1) is 9.49. The predicted molar refractivity (Wildman–Crippen MR) is 69.5 cm³/mol. The van der Waals surface area contributed by atoms with Crippen LogP contribution in [0.2, 0.25) is 0 Å². The zero-order valence-corrected chi connectivity index (χ0v) is 11.8. The second-order valence-corrected chi connectivity index (χ2v) is 4.83. The van der Waals surface area contributed by atoms with Gasteiger partial charge in [-0.1, -0.05) is 0 Å². The first-order valence-electron chi connectivity index (χ1n) is 5.69. The number of nitrogens with one attached hydrogen (secondary N) is 1. The summed E-state index contributed by atoms with van der Waals surface area (Å²) >= 11 is 3.09. The highest BCUT2D eigenvalue weighted by Gasteiger charge is 2.27. The molecule has 20 heavy (non-hydrogen) atoms. The molecule has 1 aromatic carbocycles. The van der Waals surface area contributed by atoms with E-state index in [1.807, 2.05) is 0 Å². The molecule has 1 aliphatic heterocycles. The number of esters is 1. The van der Waals surface area contributed by atoms with E-state index in [1.165, 1.54) is 12.1 Å². The van der Waals surface area contributed by atoms with Crippen LogP contribution in [0.1, 0.15) is 10.4 Å². The predicted octanol–water partition coefficient (Wildman–Crippen LogP) is 1.30. The number of amides is 3. The van der Waals surface area contributed by atoms with Gasteiger partial charge in [-0.05, 0) is 34.1 Å². The van der Waals surface area contributed by atoms with Crippen molar-refractivity contribution >= 4 is 33.8 Å². The van der Waals surface area contributed by atoms with E-state index in [4.69, 9.17) is 4.74 Å². The highest BCUT2D eigenvalue weighted by Crippen LogP contribution is 2.18. The van der Waals surface area contributed by atoms with Crippen LogP contribution in [0.3, 0.4) is 0 Å². The average molecular weight is 345 g/mol. The van der Waals surface area contributed by atoms with Crippen molar-refractivity contribution in [3.05, 3.63) is 34.1 Å². The summed E-state index contributed by atoms with van der Waals surface area (Å²) in [5.41, 5.74) is -0.0244. The van der Waals surface area contributed by atoms with Crippen molar-refractivity contribution in [3.63, 3.8) is 0 Å². The molecule has 2 rings (SSSR count). The summed E-state index contributed by atoms with van der Waals surface area (Å²) in [6.45, 7) is 0.0298. The van der Waals surface area contributed by atoms with Crippen molar-refractivity contribution in [2.75, 3.05) is 19.7 Å². The van der Waals surface area contributed by atoms with Crippen molar-refractivity contribution in [2.24, 2.45) is 0 Å². The van der Waals surface area contributed by atoms with Crippen LogP contribution in [0, 0.1) is 5.82 Å². The van der Waals surface area contributed by atoms with Gasteiger partial charge in [0, 0.05) is 17.6 Å². The largest absolute Gasteiger partial charge is 0.452 e. The normalized spacial score (nSPS) is 14.1. The fourth-order valence-electron chi connectivity index (χ4n) is 1.65. The van der Waals surface area contributed by atoms with E-state index in [9.17, 15) is 18.8 Å². The van der Waals surface area contributed by atoms with Gasteiger partial charge in [0.15, 0.2) is 6.61 Å². The Bertz CT molecular complexity index is 579. The maximum Gasteiger partial charge on any atom is 0.339 e. The summed E-state index contributed by atoms with van der Waals surface area (Å²) in [4.78, 5) is 35.6. The van der Waals surface area contributed by atoms with Gasteiger partial charge in [-0.3, -0.25) is 9.69 Å². The SMILES string of the molecule is O=C(OCC(=O)N1CCNC1=O)c1cc(F)ccc1Br. The third kappa shape index (κ3) is 3.13. The maximum absolute atomic E-state index is 13.0. The molecule has 1 heterocycles. The lowest BCUT2D eigenvalue weighted by atomic mass is 10.2. The number of carbonyl (C=O) groups is 3. The fourth-order valence-corrected chi connectivity index (χ4v) is 2.05. The summed E-state index contributed by atoms with van der Waals surface area (Å²) in [6.07, 6.45) is 0.